The van der Waals surface area contributed by atoms with E-state index in [9.17, 15) is 0 Å². The minimum absolute atomic E-state index is 0.251. The maximum atomic E-state index is 6.11. The third-order valence-corrected chi connectivity index (χ3v) is 4.97. The minimum Gasteiger partial charge on any atom is -0.383 e. The van der Waals surface area contributed by atoms with Crippen molar-refractivity contribution in [2.75, 3.05) is 40.0 Å². The molecule has 0 aliphatic carbocycles. The van der Waals surface area contributed by atoms with E-state index in [0.717, 1.165) is 43.6 Å². The molecule has 3 atom stereocenters. The van der Waals surface area contributed by atoms with E-state index in [0.29, 0.717) is 18.6 Å². The minimum atomic E-state index is 0.251. The van der Waals surface area contributed by atoms with Gasteiger partial charge in [0.15, 0.2) is 0 Å². The Labute approximate surface area is 123 Å². The van der Waals surface area contributed by atoms with E-state index in [1.807, 2.05) is 6.92 Å². The van der Waals surface area contributed by atoms with Gasteiger partial charge in [0.25, 0.3) is 0 Å². The lowest BCUT2D eigenvalue weighted by Crippen LogP contribution is -2.35. The van der Waals surface area contributed by atoms with Crippen molar-refractivity contribution in [1.82, 2.24) is 9.88 Å². The van der Waals surface area contributed by atoms with E-state index in [1.54, 1.807) is 18.4 Å². The summed E-state index contributed by atoms with van der Waals surface area (Å²) in [6, 6.07) is 0.493. The number of aromatic nitrogens is 1. The van der Waals surface area contributed by atoms with Crippen LogP contribution in [0.15, 0.2) is 5.38 Å². The molecule has 0 N–H and O–H groups in total. The van der Waals surface area contributed by atoms with Crippen LogP contribution in [0.3, 0.4) is 0 Å². The summed E-state index contributed by atoms with van der Waals surface area (Å²) in [5.74, 6) is 0.492. The molecule has 0 bridgehead atoms. The lowest BCUT2D eigenvalue weighted by Gasteiger charge is -2.21. The Morgan fingerprint density at radius 1 is 1.50 bits per heavy atom. The second kappa shape index (κ2) is 6.49. The molecule has 2 aliphatic rings. The zero-order valence-corrected chi connectivity index (χ0v) is 12.9. The van der Waals surface area contributed by atoms with E-state index < -0.39 is 0 Å². The zero-order chi connectivity index (χ0) is 13.9. The van der Waals surface area contributed by atoms with Crippen molar-refractivity contribution in [3.63, 3.8) is 0 Å². The smallest absolute Gasteiger partial charge is 0.0901 e. The zero-order valence-electron chi connectivity index (χ0n) is 12.1. The van der Waals surface area contributed by atoms with Crippen LogP contribution in [0.1, 0.15) is 10.7 Å². The van der Waals surface area contributed by atoms with Gasteiger partial charge in [0, 0.05) is 37.5 Å². The lowest BCUT2D eigenvalue weighted by molar-refractivity contribution is 0.00674. The molecule has 2 saturated heterocycles. The normalized spacial score (nSPS) is 30.0. The molecule has 2 aliphatic heterocycles. The predicted octanol–water partition coefficient (Wildman–Crippen LogP) is 1.31. The summed E-state index contributed by atoms with van der Waals surface area (Å²) in [6.45, 7) is 6.97. The quantitative estimate of drug-likeness (QED) is 0.792. The van der Waals surface area contributed by atoms with Crippen LogP contribution in [0.2, 0.25) is 0 Å². The largest absolute Gasteiger partial charge is 0.383 e. The Kier molecular flexibility index (Phi) is 4.68. The summed E-state index contributed by atoms with van der Waals surface area (Å²) in [7, 11) is 1.75. The third-order valence-electron chi connectivity index (χ3n) is 4.15. The Hall–Kier alpha value is -0.530. The molecule has 1 aromatic rings. The van der Waals surface area contributed by atoms with Gasteiger partial charge in [-0.3, -0.25) is 4.90 Å². The van der Waals surface area contributed by atoms with Crippen molar-refractivity contribution in [3.05, 3.63) is 16.1 Å². The number of methoxy groups -OCH3 is 1. The van der Waals surface area contributed by atoms with Crippen molar-refractivity contribution in [3.8, 4) is 0 Å². The fourth-order valence-electron chi connectivity index (χ4n) is 3.10. The molecular formula is C14H22N2O3S. The topological polar surface area (TPSA) is 43.8 Å². The number of hydrogen-bond donors (Lipinski definition) is 0. The first-order valence-electron chi connectivity index (χ1n) is 7.11. The van der Waals surface area contributed by atoms with Gasteiger partial charge in [-0.25, -0.2) is 4.98 Å². The number of likely N-dealkylation sites (tertiary alicyclic amines) is 1. The molecule has 0 saturated carbocycles. The summed E-state index contributed by atoms with van der Waals surface area (Å²) in [5.41, 5.74) is 1.04. The maximum Gasteiger partial charge on any atom is 0.0901 e. The Morgan fingerprint density at radius 3 is 3.15 bits per heavy atom. The summed E-state index contributed by atoms with van der Waals surface area (Å²) in [6.07, 6.45) is 0.251. The van der Waals surface area contributed by atoms with Crippen molar-refractivity contribution >= 4 is 11.3 Å². The van der Waals surface area contributed by atoms with Crippen molar-refractivity contribution < 1.29 is 14.2 Å². The molecule has 0 spiro atoms. The molecule has 112 valence electrons. The van der Waals surface area contributed by atoms with Crippen LogP contribution >= 0.6 is 11.3 Å². The fourth-order valence-corrected chi connectivity index (χ4v) is 3.70. The average molecular weight is 298 g/mol. The fraction of sp³-hybridized carbons (Fsp3) is 0.786. The van der Waals surface area contributed by atoms with Gasteiger partial charge in [-0.1, -0.05) is 0 Å². The molecule has 3 rings (SSSR count). The van der Waals surface area contributed by atoms with E-state index in [1.165, 1.54) is 0 Å². The Morgan fingerprint density at radius 2 is 2.40 bits per heavy atom. The van der Waals surface area contributed by atoms with E-state index >= 15 is 0 Å². The number of fused-ring (bicyclic) bond motifs is 1. The standard InChI is InChI=1S/C14H22N2O3S/c1-10-15-11(9-20-10)6-19-14-5-16(3-4-17-2)13-8-18-7-12(13)14/h9,12-14H,3-8H2,1-2H3/t12-,13+,14-/m0/s1. The molecule has 6 heteroatoms. The molecule has 1 aromatic heterocycles. The third kappa shape index (κ3) is 3.04. The van der Waals surface area contributed by atoms with Gasteiger partial charge in [-0.15, -0.1) is 11.3 Å². The Bertz CT molecular complexity index is 440. The van der Waals surface area contributed by atoms with Crippen molar-refractivity contribution in [1.29, 1.82) is 0 Å². The van der Waals surface area contributed by atoms with Crippen LogP contribution in [0, 0.1) is 12.8 Å². The molecule has 5 nitrogen and oxygen atoms in total. The monoisotopic (exact) mass is 298 g/mol. The van der Waals surface area contributed by atoms with E-state index in [2.05, 4.69) is 15.3 Å². The summed E-state index contributed by atoms with van der Waals surface area (Å²) >= 11 is 1.68. The lowest BCUT2D eigenvalue weighted by atomic mass is 10.0. The van der Waals surface area contributed by atoms with Crippen molar-refractivity contribution in [2.24, 2.45) is 5.92 Å². The summed E-state index contributed by atoms with van der Waals surface area (Å²) in [5, 5.41) is 3.18. The van der Waals surface area contributed by atoms with E-state index in [4.69, 9.17) is 14.2 Å². The van der Waals surface area contributed by atoms with Crippen LogP contribution in [-0.2, 0) is 20.8 Å². The molecule has 3 heterocycles. The first kappa shape index (κ1) is 14.4. The highest BCUT2D eigenvalue weighted by atomic mass is 32.1. The second-order valence-electron chi connectivity index (χ2n) is 5.46. The van der Waals surface area contributed by atoms with Gasteiger partial charge in [0.05, 0.1) is 43.2 Å². The number of nitrogens with zero attached hydrogens (tertiary/aromatic N) is 2. The molecule has 20 heavy (non-hydrogen) atoms. The van der Waals surface area contributed by atoms with Crippen LogP contribution in [-0.4, -0.2) is 62.0 Å². The average Bonchev–Trinajstić information content (AvgIpc) is 3.11. The van der Waals surface area contributed by atoms with Crippen molar-refractivity contribution in [2.45, 2.75) is 25.7 Å². The predicted molar refractivity (Wildman–Crippen MR) is 77.0 cm³/mol. The number of ether oxygens (including phenoxy) is 3. The molecule has 2 fully saturated rings. The van der Waals surface area contributed by atoms with Crippen LogP contribution in [0.4, 0.5) is 0 Å². The van der Waals surface area contributed by atoms with Crippen LogP contribution < -0.4 is 0 Å². The number of thiazole rings is 1. The van der Waals surface area contributed by atoms with Gasteiger partial charge in [0.2, 0.25) is 0 Å². The van der Waals surface area contributed by atoms with Crippen LogP contribution in [0.5, 0.6) is 0 Å². The van der Waals surface area contributed by atoms with Crippen LogP contribution in [0.25, 0.3) is 0 Å². The first-order valence-corrected chi connectivity index (χ1v) is 7.99. The Balaban J connectivity index is 1.56. The summed E-state index contributed by atoms with van der Waals surface area (Å²) < 4.78 is 16.9. The van der Waals surface area contributed by atoms with Gasteiger partial charge in [0.1, 0.15) is 0 Å². The molecule has 0 aromatic carbocycles. The molecule has 0 unspecified atom stereocenters. The highest BCUT2D eigenvalue weighted by Crippen LogP contribution is 2.32. The second-order valence-corrected chi connectivity index (χ2v) is 6.53. The van der Waals surface area contributed by atoms with E-state index in [-0.39, 0.29) is 6.10 Å². The SMILES string of the molecule is COCCN1C[C@H](OCc2csc(C)n2)[C@H]2COC[C@H]21. The highest BCUT2D eigenvalue weighted by molar-refractivity contribution is 7.09. The number of hydrogen-bond acceptors (Lipinski definition) is 6. The highest BCUT2D eigenvalue weighted by Gasteiger charge is 2.45. The van der Waals surface area contributed by atoms with Gasteiger partial charge < -0.3 is 14.2 Å². The number of rotatable bonds is 6. The van der Waals surface area contributed by atoms with Gasteiger partial charge >= 0.3 is 0 Å². The van der Waals surface area contributed by atoms with Gasteiger partial charge in [-0.2, -0.15) is 0 Å². The van der Waals surface area contributed by atoms with Gasteiger partial charge in [-0.05, 0) is 6.92 Å². The number of aryl methyl sites for hydroxylation is 1. The molecular weight excluding hydrogens is 276 g/mol. The maximum absolute atomic E-state index is 6.11. The molecule has 0 amide bonds. The first-order chi connectivity index (χ1) is 9.78. The molecule has 0 radical (unpaired) electrons. The summed E-state index contributed by atoms with van der Waals surface area (Å²) in [4.78, 5) is 6.90.